The number of likely N-dealkylation sites (tertiary alicyclic amines) is 2. The molecule has 0 radical (unpaired) electrons. The van der Waals surface area contributed by atoms with E-state index in [1.807, 2.05) is 41.8 Å². The number of carbonyl (C=O) groups excluding carboxylic acids is 2. The van der Waals surface area contributed by atoms with E-state index in [2.05, 4.69) is 0 Å². The topological polar surface area (TPSA) is 78.9 Å². The molecule has 2 aliphatic rings. The molecule has 2 amide bonds. The monoisotopic (exact) mass is 417 g/mol. The van der Waals surface area contributed by atoms with Crippen molar-refractivity contribution in [3.05, 3.63) is 17.6 Å². The minimum absolute atomic E-state index is 0.0843. The van der Waals surface area contributed by atoms with Gasteiger partial charge in [-0.25, -0.2) is 9.97 Å². The van der Waals surface area contributed by atoms with E-state index in [1.54, 1.807) is 7.11 Å². The third kappa shape index (κ3) is 5.28. The lowest BCUT2D eigenvalue weighted by Gasteiger charge is -2.32. The summed E-state index contributed by atoms with van der Waals surface area (Å²) in [5.74, 6) is 2.47. The first kappa shape index (κ1) is 22.5. The Hall–Kier alpha value is -2.22. The summed E-state index contributed by atoms with van der Waals surface area (Å²) in [5.41, 5.74) is 0.946. The molecule has 2 saturated heterocycles. The molecule has 0 aliphatic carbocycles. The Kier molecular flexibility index (Phi) is 7.64. The number of ether oxygens (including phenoxy) is 1. The fourth-order valence-corrected chi connectivity index (χ4v) is 4.24. The van der Waals surface area contributed by atoms with Gasteiger partial charge in [0.05, 0.1) is 12.3 Å². The van der Waals surface area contributed by atoms with Gasteiger partial charge < -0.3 is 19.4 Å². The number of methoxy groups -OCH3 is 1. The molecule has 0 aromatic carbocycles. The Morgan fingerprint density at radius 3 is 2.60 bits per heavy atom. The zero-order valence-electron chi connectivity index (χ0n) is 18.8. The zero-order valence-corrected chi connectivity index (χ0v) is 18.8. The first-order valence-electron chi connectivity index (χ1n) is 11.0. The van der Waals surface area contributed by atoms with Crippen molar-refractivity contribution in [2.45, 2.75) is 50.9 Å². The molecule has 8 nitrogen and oxygen atoms in total. The van der Waals surface area contributed by atoms with Crippen LogP contribution < -0.4 is 4.90 Å². The fraction of sp³-hybridized carbons (Fsp3) is 0.727. The number of hydrogen-bond donors (Lipinski definition) is 0. The van der Waals surface area contributed by atoms with Gasteiger partial charge in [0.2, 0.25) is 11.8 Å². The molecule has 0 saturated carbocycles. The van der Waals surface area contributed by atoms with Crippen molar-refractivity contribution < 1.29 is 14.3 Å². The van der Waals surface area contributed by atoms with Crippen LogP contribution in [0.4, 0.5) is 5.82 Å². The second kappa shape index (κ2) is 10.2. The number of carbonyl (C=O) groups is 2. The van der Waals surface area contributed by atoms with Gasteiger partial charge in [-0.2, -0.15) is 0 Å². The van der Waals surface area contributed by atoms with E-state index in [-0.39, 0.29) is 23.7 Å². The summed E-state index contributed by atoms with van der Waals surface area (Å²) in [6.07, 6.45) is 3.76. The van der Waals surface area contributed by atoms with Crippen molar-refractivity contribution in [3.63, 3.8) is 0 Å². The van der Waals surface area contributed by atoms with Crippen LogP contribution in [0.15, 0.2) is 6.07 Å². The first-order valence-corrected chi connectivity index (χ1v) is 11.0. The van der Waals surface area contributed by atoms with E-state index in [1.165, 1.54) is 0 Å². The fourth-order valence-electron chi connectivity index (χ4n) is 4.24. The van der Waals surface area contributed by atoms with Crippen molar-refractivity contribution in [1.82, 2.24) is 19.8 Å². The minimum atomic E-state index is 0.0843. The summed E-state index contributed by atoms with van der Waals surface area (Å²) in [6, 6.07) is 2.02. The number of piperidine rings is 1. The Morgan fingerprint density at radius 1 is 1.23 bits per heavy atom. The Balaban J connectivity index is 1.74. The Morgan fingerprint density at radius 2 is 1.97 bits per heavy atom. The molecule has 0 unspecified atom stereocenters. The molecular weight excluding hydrogens is 382 g/mol. The van der Waals surface area contributed by atoms with Crippen LogP contribution in [0.2, 0.25) is 0 Å². The Labute approximate surface area is 179 Å². The van der Waals surface area contributed by atoms with Crippen LogP contribution >= 0.6 is 0 Å². The van der Waals surface area contributed by atoms with Gasteiger partial charge in [0.25, 0.3) is 0 Å². The van der Waals surface area contributed by atoms with Gasteiger partial charge in [-0.1, -0.05) is 6.92 Å². The van der Waals surface area contributed by atoms with E-state index in [4.69, 9.17) is 14.7 Å². The van der Waals surface area contributed by atoms with Crippen molar-refractivity contribution in [2.24, 2.45) is 0 Å². The van der Waals surface area contributed by atoms with Gasteiger partial charge in [-0.15, -0.1) is 0 Å². The summed E-state index contributed by atoms with van der Waals surface area (Å²) < 4.78 is 5.13. The standard InChI is InChI=1S/C22H35N5O3/c1-5-6-20(28)26-9-7-16(8-10-26)22-23-18(14-19(24-22)25(2)3)17-13-21(29)27(15-17)11-12-30-4/h14,16-17H,5-13,15H2,1-4H3/t17-/m1/s1. The van der Waals surface area contributed by atoms with E-state index < -0.39 is 0 Å². The second-order valence-electron chi connectivity index (χ2n) is 8.54. The number of hydrogen-bond acceptors (Lipinski definition) is 6. The second-order valence-corrected chi connectivity index (χ2v) is 8.54. The summed E-state index contributed by atoms with van der Waals surface area (Å²) in [6.45, 7) is 5.41. The van der Waals surface area contributed by atoms with E-state index in [9.17, 15) is 9.59 Å². The smallest absolute Gasteiger partial charge is 0.223 e. The van der Waals surface area contributed by atoms with Gasteiger partial charge >= 0.3 is 0 Å². The van der Waals surface area contributed by atoms with Crippen LogP contribution in [0.5, 0.6) is 0 Å². The highest BCUT2D eigenvalue weighted by molar-refractivity contribution is 5.79. The largest absolute Gasteiger partial charge is 0.383 e. The highest BCUT2D eigenvalue weighted by atomic mass is 16.5. The average Bonchev–Trinajstić information content (AvgIpc) is 3.12. The molecule has 2 aliphatic heterocycles. The minimum Gasteiger partial charge on any atom is -0.383 e. The third-order valence-corrected chi connectivity index (χ3v) is 6.08. The number of anilines is 1. The van der Waals surface area contributed by atoms with E-state index in [0.29, 0.717) is 32.5 Å². The molecule has 3 heterocycles. The quantitative estimate of drug-likeness (QED) is 0.644. The van der Waals surface area contributed by atoms with Crippen LogP contribution in [0, 0.1) is 0 Å². The summed E-state index contributed by atoms with van der Waals surface area (Å²) in [5, 5.41) is 0. The maximum Gasteiger partial charge on any atom is 0.223 e. The predicted molar refractivity (Wildman–Crippen MR) is 116 cm³/mol. The van der Waals surface area contributed by atoms with Gasteiger partial charge in [0.1, 0.15) is 11.6 Å². The molecule has 3 rings (SSSR count). The van der Waals surface area contributed by atoms with Crippen LogP contribution in [0.25, 0.3) is 0 Å². The van der Waals surface area contributed by atoms with Crippen molar-refractivity contribution >= 4 is 17.6 Å². The summed E-state index contributed by atoms with van der Waals surface area (Å²) in [7, 11) is 5.61. The number of rotatable bonds is 8. The van der Waals surface area contributed by atoms with Gasteiger partial charge in [0, 0.05) is 78.1 Å². The van der Waals surface area contributed by atoms with Crippen molar-refractivity contribution in [2.75, 3.05) is 58.9 Å². The number of aromatic nitrogens is 2. The van der Waals surface area contributed by atoms with Gasteiger partial charge in [0.15, 0.2) is 0 Å². The molecule has 166 valence electrons. The van der Waals surface area contributed by atoms with Gasteiger partial charge in [-0.3, -0.25) is 9.59 Å². The average molecular weight is 418 g/mol. The van der Waals surface area contributed by atoms with E-state index in [0.717, 1.165) is 49.7 Å². The van der Waals surface area contributed by atoms with Crippen LogP contribution in [0.1, 0.15) is 62.4 Å². The zero-order chi connectivity index (χ0) is 21.7. The molecule has 1 aromatic heterocycles. The molecule has 30 heavy (non-hydrogen) atoms. The number of nitrogens with zero attached hydrogens (tertiary/aromatic N) is 5. The lowest BCUT2D eigenvalue weighted by Crippen LogP contribution is -2.38. The van der Waals surface area contributed by atoms with Crippen molar-refractivity contribution in [3.8, 4) is 0 Å². The maximum atomic E-state index is 12.4. The molecule has 0 N–H and O–H groups in total. The summed E-state index contributed by atoms with van der Waals surface area (Å²) >= 11 is 0. The third-order valence-electron chi connectivity index (χ3n) is 6.08. The molecular formula is C22H35N5O3. The first-order chi connectivity index (χ1) is 14.4. The summed E-state index contributed by atoms with van der Waals surface area (Å²) in [4.78, 5) is 40.2. The van der Waals surface area contributed by atoms with Crippen LogP contribution in [-0.2, 0) is 14.3 Å². The van der Waals surface area contributed by atoms with E-state index >= 15 is 0 Å². The SMILES string of the molecule is CCCC(=O)N1CCC(c2nc([C@@H]3CC(=O)N(CCOC)C3)cc(N(C)C)n2)CC1. The maximum absolute atomic E-state index is 12.4. The predicted octanol–water partition coefficient (Wildman–Crippen LogP) is 2.01. The normalized spacial score (nSPS) is 20.1. The van der Waals surface area contributed by atoms with Crippen LogP contribution in [-0.4, -0.2) is 85.6 Å². The highest BCUT2D eigenvalue weighted by Gasteiger charge is 2.33. The molecule has 0 spiro atoms. The molecule has 2 fully saturated rings. The molecule has 8 heteroatoms. The molecule has 1 aromatic rings. The molecule has 0 bridgehead atoms. The van der Waals surface area contributed by atoms with Crippen molar-refractivity contribution in [1.29, 1.82) is 0 Å². The van der Waals surface area contributed by atoms with Crippen LogP contribution in [0.3, 0.4) is 0 Å². The Bertz CT molecular complexity index is 746. The van der Waals surface area contributed by atoms with Gasteiger partial charge in [-0.05, 0) is 19.3 Å². The highest BCUT2D eigenvalue weighted by Crippen LogP contribution is 2.32. The lowest BCUT2D eigenvalue weighted by molar-refractivity contribution is -0.132. The number of amides is 2. The molecule has 1 atom stereocenters. The lowest BCUT2D eigenvalue weighted by atomic mass is 9.95.